The average molecular weight is 576 g/mol. The quantitative estimate of drug-likeness (QED) is 0.224. The third-order valence-electron chi connectivity index (χ3n) is 7.09. The number of Topliss-reactive ketones (excluding diaryl/α,β-unsaturated/α-hetero) is 1. The number of alkyl halides is 3. The van der Waals surface area contributed by atoms with Gasteiger partial charge >= 0.3 is 6.36 Å². The number of halogens is 3. The second kappa shape index (κ2) is 13.5. The van der Waals surface area contributed by atoms with E-state index >= 15 is 0 Å². The van der Waals surface area contributed by atoms with Gasteiger partial charge < -0.3 is 19.7 Å². The molecule has 0 amide bonds. The summed E-state index contributed by atoms with van der Waals surface area (Å²) in [6.07, 6.45) is 0.108. The molecular weight excluding hydrogens is 543 g/mol. The minimum Gasteiger partial charge on any atom is -0.489 e. The average Bonchev–Trinajstić information content (AvgIpc) is 3.00. The molecule has 0 radical (unpaired) electrons. The van der Waals surface area contributed by atoms with Crippen molar-refractivity contribution >= 4 is 11.5 Å². The minimum absolute atomic E-state index is 0.140. The third-order valence-corrected chi connectivity index (χ3v) is 7.09. The first-order valence-corrected chi connectivity index (χ1v) is 13.9. The molecule has 9 heteroatoms. The lowest BCUT2D eigenvalue weighted by Gasteiger charge is -2.29. The smallest absolute Gasteiger partial charge is 0.489 e. The Morgan fingerprint density at radius 3 is 2.43 bits per heavy atom. The predicted octanol–water partition coefficient (Wildman–Crippen LogP) is 6.38. The van der Waals surface area contributed by atoms with Crippen molar-refractivity contribution in [3.63, 3.8) is 0 Å². The number of hydrogen-bond donors (Lipinski definition) is 1. The summed E-state index contributed by atoms with van der Waals surface area (Å²) in [6, 6.07) is 23.2. The molecule has 0 saturated carbocycles. The topological polar surface area (TPSA) is 63.7 Å². The lowest BCUT2D eigenvalue weighted by atomic mass is 9.98. The van der Waals surface area contributed by atoms with Crippen LogP contribution in [0.1, 0.15) is 23.1 Å². The standard InChI is InChI=1S/C33H32F3N3O3/c34-33(35,36)42-31-13-9-27(32(21-31)26-4-1-5-28(20-26)39-17-15-37-16-18-39)23-41-30-11-7-24(8-12-30)19-29(40)10-6-25-3-2-14-38-22-25/h1-5,7-9,11-14,20-22,37H,6,10,15-19,23H2. The summed E-state index contributed by atoms with van der Waals surface area (Å²) in [7, 11) is 0. The van der Waals surface area contributed by atoms with E-state index in [1.807, 2.05) is 48.5 Å². The number of carbonyl (C=O) groups is 1. The molecule has 3 aromatic carbocycles. The zero-order chi connectivity index (χ0) is 29.4. The summed E-state index contributed by atoms with van der Waals surface area (Å²) in [6.45, 7) is 3.58. The second-order valence-electron chi connectivity index (χ2n) is 10.2. The van der Waals surface area contributed by atoms with Gasteiger partial charge in [0.2, 0.25) is 0 Å². The van der Waals surface area contributed by atoms with E-state index in [2.05, 4.69) is 19.9 Å². The summed E-state index contributed by atoms with van der Waals surface area (Å²) in [5, 5.41) is 3.33. The van der Waals surface area contributed by atoms with Gasteiger partial charge in [0.15, 0.2) is 0 Å². The minimum atomic E-state index is -4.79. The van der Waals surface area contributed by atoms with Crippen LogP contribution >= 0.6 is 0 Å². The number of anilines is 1. The molecule has 5 rings (SSSR count). The monoisotopic (exact) mass is 575 g/mol. The van der Waals surface area contributed by atoms with Crippen LogP contribution in [0.15, 0.2) is 91.3 Å². The van der Waals surface area contributed by atoms with E-state index in [1.165, 1.54) is 12.1 Å². The molecule has 42 heavy (non-hydrogen) atoms. The van der Waals surface area contributed by atoms with Gasteiger partial charge in [-0.3, -0.25) is 9.78 Å². The van der Waals surface area contributed by atoms with Gasteiger partial charge in [0.25, 0.3) is 0 Å². The normalized spacial score (nSPS) is 13.5. The highest BCUT2D eigenvalue weighted by Crippen LogP contribution is 2.33. The van der Waals surface area contributed by atoms with Gasteiger partial charge in [-0.15, -0.1) is 13.2 Å². The van der Waals surface area contributed by atoms with Crippen molar-refractivity contribution in [2.45, 2.75) is 32.2 Å². The molecule has 1 N–H and O–H groups in total. The first-order valence-electron chi connectivity index (χ1n) is 13.9. The number of benzene rings is 3. The van der Waals surface area contributed by atoms with Crippen LogP contribution in [0, 0.1) is 0 Å². The maximum atomic E-state index is 13.0. The van der Waals surface area contributed by atoms with E-state index in [0.717, 1.165) is 54.1 Å². The van der Waals surface area contributed by atoms with E-state index in [4.69, 9.17) is 4.74 Å². The number of ether oxygens (including phenoxy) is 2. The van der Waals surface area contributed by atoms with Crippen molar-refractivity contribution in [1.82, 2.24) is 10.3 Å². The number of piperazine rings is 1. The molecule has 0 aliphatic carbocycles. The number of nitrogens with zero attached hydrogens (tertiary/aromatic N) is 2. The summed E-state index contributed by atoms with van der Waals surface area (Å²) < 4.78 is 49.3. The van der Waals surface area contributed by atoms with Gasteiger partial charge in [-0.05, 0) is 76.7 Å². The Labute approximate surface area is 243 Å². The summed E-state index contributed by atoms with van der Waals surface area (Å²) in [5.74, 6) is 0.449. The number of aryl methyl sites for hydroxylation is 1. The first-order chi connectivity index (χ1) is 20.3. The van der Waals surface area contributed by atoms with Gasteiger partial charge in [-0.25, -0.2) is 0 Å². The molecule has 1 aliphatic heterocycles. The second-order valence-corrected chi connectivity index (χ2v) is 10.2. The van der Waals surface area contributed by atoms with Crippen molar-refractivity contribution in [2.75, 3.05) is 31.1 Å². The van der Waals surface area contributed by atoms with E-state index in [1.54, 1.807) is 30.6 Å². The van der Waals surface area contributed by atoms with Gasteiger partial charge in [0.05, 0.1) is 0 Å². The summed E-state index contributed by atoms with van der Waals surface area (Å²) >= 11 is 0. The third kappa shape index (κ3) is 8.33. The van der Waals surface area contributed by atoms with E-state index in [-0.39, 0.29) is 18.1 Å². The molecule has 0 spiro atoms. The Morgan fingerprint density at radius 2 is 1.69 bits per heavy atom. The Balaban J connectivity index is 1.27. The van der Waals surface area contributed by atoms with Crippen molar-refractivity contribution in [3.8, 4) is 22.6 Å². The van der Waals surface area contributed by atoms with E-state index in [9.17, 15) is 18.0 Å². The fourth-order valence-electron chi connectivity index (χ4n) is 4.95. The largest absolute Gasteiger partial charge is 0.573 e. The molecule has 1 fully saturated rings. The van der Waals surface area contributed by atoms with Crippen molar-refractivity contribution < 1.29 is 27.4 Å². The fourth-order valence-corrected chi connectivity index (χ4v) is 4.95. The Bertz CT molecular complexity index is 1470. The van der Waals surface area contributed by atoms with E-state index < -0.39 is 6.36 Å². The van der Waals surface area contributed by atoms with Crippen molar-refractivity contribution in [2.24, 2.45) is 0 Å². The van der Waals surface area contributed by atoms with Gasteiger partial charge in [0.1, 0.15) is 23.9 Å². The number of aromatic nitrogens is 1. The molecule has 218 valence electrons. The highest BCUT2D eigenvalue weighted by atomic mass is 19.4. The number of nitrogens with one attached hydrogen (secondary N) is 1. The molecule has 4 aromatic rings. The molecule has 0 bridgehead atoms. The van der Waals surface area contributed by atoms with Crippen LogP contribution in [0.5, 0.6) is 11.5 Å². The highest BCUT2D eigenvalue weighted by Gasteiger charge is 2.31. The van der Waals surface area contributed by atoms with E-state index in [0.29, 0.717) is 30.6 Å². The maximum Gasteiger partial charge on any atom is 0.573 e. The SMILES string of the molecule is O=C(CCc1cccnc1)Cc1ccc(OCc2ccc(OC(F)(F)F)cc2-c2cccc(N3CCNCC3)c2)cc1. The lowest BCUT2D eigenvalue weighted by Crippen LogP contribution is -2.43. The maximum absolute atomic E-state index is 13.0. The summed E-state index contributed by atoms with van der Waals surface area (Å²) in [5.41, 5.74) is 5.02. The zero-order valence-corrected chi connectivity index (χ0v) is 23.1. The van der Waals surface area contributed by atoms with Crippen LogP contribution in [0.2, 0.25) is 0 Å². The molecule has 0 atom stereocenters. The number of pyridine rings is 1. The number of hydrogen-bond acceptors (Lipinski definition) is 6. The van der Waals surface area contributed by atoms with Crippen molar-refractivity contribution in [1.29, 1.82) is 0 Å². The fraction of sp³-hybridized carbons (Fsp3) is 0.273. The molecule has 0 unspecified atom stereocenters. The number of rotatable bonds is 11. The molecule has 6 nitrogen and oxygen atoms in total. The Kier molecular flexibility index (Phi) is 9.38. The zero-order valence-electron chi connectivity index (χ0n) is 23.1. The van der Waals surface area contributed by atoms with Crippen LogP contribution in [-0.2, 0) is 24.2 Å². The lowest BCUT2D eigenvalue weighted by molar-refractivity contribution is -0.274. The molecular formula is C33H32F3N3O3. The van der Waals surface area contributed by atoms with Gasteiger partial charge in [-0.2, -0.15) is 0 Å². The van der Waals surface area contributed by atoms with Crippen molar-refractivity contribution in [3.05, 3.63) is 108 Å². The van der Waals surface area contributed by atoms with Crippen LogP contribution < -0.4 is 19.7 Å². The van der Waals surface area contributed by atoms with Gasteiger partial charge in [-0.1, -0.05) is 36.4 Å². The first kappa shape index (κ1) is 29.1. The molecule has 1 aromatic heterocycles. The Morgan fingerprint density at radius 1 is 0.905 bits per heavy atom. The summed E-state index contributed by atoms with van der Waals surface area (Å²) in [4.78, 5) is 18.8. The molecule has 1 aliphatic rings. The van der Waals surface area contributed by atoms with Gasteiger partial charge in [0, 0.05) is 57.1 Å². The van der Waals surface area contributed by atoms with Crippen LogP contribution in [0.25, 0.3) is 11.1 Å². The molecule has 1 saturated heterocycles. The molecule has 2 heterocycles. The van der Waals surface area contributed by atoms with Crippen LogP contribution in [-0.4, -0.2) is 43.3 Å². The van der Waals surface area contributed by atoms with Crippen LogP contribution in [0.4, 0.5) is 18.9 Å². The number of carbonyl (C=O) groups excluding carboxylic acids is 1. The highest BCUT2D eigenvalue weighted by molar-refractivity contribution is 5.81. The Hall–Kier alpha value is -4.37. The predicted molar refractivity (Wildman–Crippen MR) is 156 cm³/mol. The van der Waals surface area contributed by atoms with Crippen LogP contribution in [0.3, 0.4) is 0 Å². The number of ketones is 1.